The van der Waals surface area contributed by atoms with Crippen LogP contribution in [0.1, 0.15) is 31.1 Å². The van der Waals surface area contributed by atoms with E-state index in [1.165, 1.54) is 11.8 Å². The maximum Gasteiger partial charge on any atom is 0.365 e. The average Bonchev–Trinajstić information content (AvgIpc) is 2.49. The zero-order chi connectivity index (χ0) is 15.8. The third-order valence-corrected chi connectivity index (χ3v) is 2.82. The molecule has 21 heavy (non-hydrogen) atoms. The second-order valence-corrected chi connectivity index (χ2v) is 4.22. The molecule has 0 aliphatic carbocycles. The summed E-state index contributed by atoms with van der Waals surface area (Å²) in [6.07, 6.45) is 0. The molecule has 0 heterocycles. The van der Waals surface area contributed by atoms with Gasteiger partial charge in [0.1, 0.15) is 0 Å². The van der Waals surface area contributed by atoms with Gasteiger partial charge in [0.25, 0.3) is 5.91 Å². The second kappa shape index (κ2) is 7.94. The molecule has 1 amide bonds. The van der Waals surface area contributed by atoms with Crippen LogP contribution in [0.25, 0.3) is 0 Å². The molecule has 0 N–H and O–H groups in total. The van der Waals surface area contributed by atoms with Gasteiger partial charge in [-0.25, -0.2) is 4.79 Å². The van der Waals surface area contributed by atoms with E-state index in [2.05, 4.69) is 5.16 Å². The predicted molar refractivity (Wildman–Crippen MR) is 77.9 cm³/mol. The molecular weight excluding hydrogens is 272 g/mol. The number of amides is 1. The largest absolute Gasteiger partial charge is 0.365 e. The van der Waals surface area contributed by atoms with Crippen molar-refractivity contribution in [2.45, 2.75) is 20.8 Å². The summed E-state index contributed by atoms with van der Waals surface area (Å²) < 4.78 is 0. The van der Waals surface area contributed by atoms with Crippen molar-refractivity contribution >= 4 is 23.4 Å². The van der Waals surface area contributed by atoms with E-state index in [-0.39, 0.29) is 5.71 Å². The topological polar surface area (TPSA) is 76.0 Å². The molecule has 112 valence electrons. The summed E-state index contributed by atoms with van der Waals surface area (Å²) >= 11 is 0. The Morgan fingerprint density at radius 1 is 1.10 bits per heavy atom. The van der Waals surface area contributed by atoms with Crippen LogP contribution in [-0.4, -0.2) is 41.4 Å². The summed E-state index contributed by atoms with van der Waals surface area (Å²) in [5.74, 6) is -1.82. The van der Waals surface area contributed by atoms with Crippen LogP contribution in [0.5, 0.6) is 0 Å². The minimum absolute atomic E-state index is 0.291. The third kappa shape index (κ3) is 4.52. The van der Waals surface area contributed by atoms with Gasteiger partial charge >= 0.3 is 5.97 Å². The summed E-state index contributed by atoms with van der Waals surface area (Å²) in [5, 5.41) is 3.44. The zero-order valence-corrected chi connectivity index (χ0v) is 12.3. The molecule has 1 aromatic carbocycles. The van der Waals surface area contributed by atoms with Crippen LogP contribution in [-0.2, 0) is 14.4 Å². The first-order chi connectivity index (χ1) is 10.0. The average molecular weight is 290 g/mol. The number of hydrogen-bond acceptors (Lipinski definition) is 5. The number of hydrogen-bond donors (Lipinski definition) is 0. The minimum atomic E-state index is -0.721. The summed E-state index contributed by atoms with van der Waals surface area (Å²) in [5.41, 5.74) is -0.0950. The number of nitrogens with zero attached hydrogens (tertiary/aromatic N) is 2. The van der Waals surface area contributed by atoms with Crippen molar-refractivity contribution in [3.05, 3.63) is 35.9 Å². The van der Waals surface area contributed by atoms with Gasteiger partial charge in [0, 0.05) is 20.0 Å². The molecule has 6 nitrogen and oxygen atoms in total. The molecule has 0 aromatic heterocycles. The lowest BCUT2D eigenvalue weighted by Crippen LogP contribution is -2.39. The fourth-order valence-electron chi connectivity index (χ4n) is 1.63. The molecule has 0 spiro atoms. The normalized spacial score (nSPS) is 10.9. The van der Waals surface area contributed by atoms with E-state index in [1.54, 1.807) is 44.2 Å². The highest BCUT2D eigenvalue weighted by Crippen LogP contribution is 2.02. The molecule has 0 bridgehead atoms. The lowest BCUT2D eigenvalue weighted by Gasteiger charge is -2.17. The van der Waals surface area contributed by atoms with Crippen molar-refractivity contribution in [3.63, 3.8) is 0 Å². The Morgan fingerprint density at radius 2 is 1.67 bits per heavy atom. The van der Waals surface area contributed by atoms with Gasteiger partial charge in [-0.1, -0.05) is 23.4 Å². The number of oxime groups is 1. The third-order valence-electron chi connectivity index (χ3n) is 2.82. The molecule has 0 radical (unpaired) electrons. The minimum Gasteiger partial charge on any atom is -0.338 e. The predicted octanol–water partition coefficient (Wildman–Crippen LogP) is 1.66. The summed E-state index contributed by atoms with van der Waals surface area (Å²) in [6, 6.07) is 8.21. The van der Waals surface area contributed by atoms with Gasteiger partial charge in [-0.2, -0.15) is 0 Å². The number of carbonyl (C=O) groups is 3. The first kappa shape index (κ1) is 16.6. The van der Waals surface area contributed by atoms with Gasteiger partial charge in [0.15, 0.2) is 5.78 Å². The highest BCUT2D eigenvalue weighted by Gasteiger charge is 2.23. The molecule has 1 rings (SSSR count). The number of rotatable bonds is 6. The van der Waals surface area contributed by atoms with Crippen LogP contribution in [0.15, 0.2) is 35.5 Å². The highest BCUT2D eigenvalue weighted by molar-refractivity contribution is 6.65. The van der Waals surface area contributed by atoms with Crippen LogP contribution < -0.4 is 0 Å². The molecule has 0 fully saturated rings. The van der Waals surface area contributed by atoms with Crippen LogP contribution >= 0.6 is 0 Å². The molecule has 0 saturated heterocycles. The summed E-state index contributed by atoms with van der Waals surface area (Å²) in [7, 11) is 0. The number of ketones is 1. The SMILES string of the molecule is CCN(CC)C(=O)/C(=N\OC(=O)c1ccccc1)C(C)=O. The van der Waals surface area contributed by atoms with E-state index in [0.717, 1.165) is 0 Å². The van der Waals surface area contributed by atoms with Crippen LogP contribution in [0.3, 0.4) is 0 Å². The van der Waals surface area contributed by atoms with Gasteiger partial charge < -0.3 is 9.74 Å². The molecule has 0 aliphatic rings. The quantitative estimate of drug-likeness (QED) is 0.345. The van der Waals surface area contributed by atoms with E-state index in [9.17, 15) is 14.4 Å². The van der Waals surface area contributed by atoms with Gasteiger partial charge in [0.05, 0.1) is 5.56 Å². The first-order valence-corrected chi connectivity index (χ1v) is 6.65. The molecule has 0 atom stereocenters. The molecule has 0 aliphatic heterocycles. The van der Waals surface area contributed by atoms with E-state index < -0.39 is 17.7 Å². The van der Waals surface area contributed by atoms with E-state index in [0.29, 0.717) is 18.7 Å². The maximum atomic E-state index is 12.1. The second-order valence-electron chi connectivity index (χ2n) is 4.22. The van der Waals surface area contributed by atoms with Crippen LogP contribution in [0.4, 0.5) is 0 Å². The number of Topliss-reactive ketones (excluding diaryl/α,β-unsaturated/α-hetero) is 1. The molecule has 0 unspecified atom stereocenters. The zero-order valence-electron chi connectivity index (χ0n) is 12.3. The molecule has 0 saturated carbocycles. The Labute approximate surface area is 123 Å². The van der Waals surface area contributed by atoms with Crippen molar-refractivity contribution in [2.24, 2.45) is 5.16 Å². The van der Waals surface area contributed by atoms with Gasteiger partial charge in [-0.3, -0.25) is 9.59 Å². The Kier molecular flexibility index (Phi) is 6.26. The summed E-state index contributed by atoms with van der Waals surface area (Å²) in [4.78, 5) is 41.4. The van der Waals surface area contributed by atoms with Crippen molar-refractivity contribution in [1.29, 1.82) is 0 Å². The Hall–Kier alpha value is -2.50. The lowest BCUT2D eigenvalue weighted by atomic mass is 10.2. The Balaban J connectivity index is 2.89. The fraction of sp³-hybridized carbons (Fsp3) is 0.333. The van der Waals surface area contributed by atoms with Gasteiger partial charge in [0.2, 0.25) is 5.71 Å². The highest BCUT2D eigenvalue weighted by atomic mass is 16.7. The van der Waals surface area contributed by atoms with Crippen LogP contribution in [0, 0.1) is 0 Å². The maximum absolute atomic E-state index is 12.1. The smallest absolute Gasteiger partial charge is 0.338 e. The van der Waals surface area contributed by atoms with E-state index in [4.69, 9.17) is 4.84 Å². The number of carbonyl (C=O) groups excluding carboxylic acids is 3. The summed E-state index contributed by atoms with van der Waals surface area (Å²) in [6.45, 7) is 5.66. The van der Waals surface area contributed by atoms with Gasteiger partial charge in [-0.05, 0) is 26.0 Å². The van der Waals surface area contributed by atoms with Crippen LogP contribution in [0.2, 0.25) is 0 Å². The first-order valence-electron chi connectivity index (χ1n) is 6.65. The monoisotopic (exact) mass is 290 g/mol. The standard InChI is InChI=1S/C15H18N2O4/c1-4-17(5-2)14(19)13(11(3)18)16-21-15(20)12-9-7-6-8-10-12/h6-10H,4-5H2,1-3H3/b16-13-. The van der Waals surface area contributed by atoms with E-state index in [1.807, 2.05) is 0 Å². The molecular formula is C15H18N2O4. The fourth-order valence-corrected chi connectivity index (χ4v) is 1.63. The van der Waals surface area contributed by atoms with Crippen molar-refractivity contribution in [1.82, 2.24) is 4.90 Å². The molecule has 6 heteroatoms. The number of benzene rings is 1. The van der Waals surface area contributed by atoms with Crippen molar-refractivity contribution in [3.8, 4) is 0 Å². The Morgan fingerprint density at radius 3 is 2.14 bits per heavy atom. The van der Waals surface area contributed by atoms with Gasteiger partial charge in [-0.15, -0.1) is 0 Å². The Bertz CT molecular complexity index is 548. The lowest BCUT2D eigenvalue weighted by molar-refractivity contribution is -0.125. The van der Waals surface area contributed by atoms with Crippen molar-refractivity contribution < 1.29 is 19.2 Å². The van der Waals surface area contributed by atoms with E-state index >= 15 is 0 Å². The van der Waals surface area contributed by atoms with Crippen molar-refractivity contribution in [2.75, 3.05) is 13.1 Å². The molecule has 1 aromatic rings.